The average Bonchev–Trinajstić information content (AvgIpc) is 3.04. The highest BCUT2D eigenvalue weighted by molar-refractivity contribution is 7.13. The van der Waals surface area contributed by atoms with Gasteiger partial charge in [0.2, 0.25) is 5.91 Å². The van der Waals surface area contributed by atoms with Crippen molar-refractivity contribution in [1.29, 1.82) is 0 Å². The minimum atomic E-state index is 0.0982. The first-order valence-corrected chi connectivity index (χ1v) is 8.94. The fourth-order valence-corrected chi connectivity index (χ4v) is 4.05. The summed E-state index contributed by atoms with van der Waals surface area (Å²) >= 11 is 1.67. The van der Waals surface area contributed by atoms with E-state index in [-0.39, 0.29) is 5.91 Å². The summed E-state index contributed by atoms with van der Waals surface area (Å²) in [5, 5.41) is 6.08. The van der Waals surface area contributed by atoms with Crippen LogP contribution in [0, 0.1) is 13.8 Å². The SMILES string of the molecule is Cc1ccc(-c2nc(-c3ccc4c(c3)CCC(=O)N4)cs2)c(C)c1. The molecule has 1 amide bonds. The van der Waals surface area contributed by atoms with E-state index in [4.69, 9.17) is 4.98 Å². The maximum Gasteiger partial charge on any atom is 0.224 e. The lowest BCUT2D eigenvalue weighted by molar-refractivity contribution is -0.116. The van der Waals surface area contributed by atoms with Crippen LogP contribution in [0.5, 0.6) is 0 Å². The molecule has 120 valence electrons. The third-order valence-electron chi connectivity index (χ3n) is 4.41. The first-order chi connectivity index (χ1) is 11.6. The lowest BCUT2D eigenvalue weighted by Gasteiger charge is -2.17. The van der Waals surface area contributed by atoms with Crippen molar-refractivity contribution in [3.8, 4) is 21.8 Å². The van der Waals surface area contributed by atoms with Crippen LogP contribution < -0.4 is 5.32 Å². The van der Waals surface area contributed by atoms with Gasteiger partial charge in [0, 0.05) is 28.6 Å². The Labute approximate surface area is 145 Å². The second-order valence-corrected chi connectivity index (χ2v) is 7.13. The van der Waals surface area contributed by atoms with E-state index in [0.29, 0.717) is 6.42 Å². The van der Waals surface area contributed by atoms with Crippen LogP contribution in [0.2, 0.25) is 0 Å². The molecule has 1 aliphatic rings. The molecule has 0 radical (unpaired) electrons. The number of thiazole rings is 1. The van der Waals surface area contributed by atoms with Crippen LogP contribution in [0.4, 0.5) is 5.69 Å². The zero-order chi connectivity index (χ0) is 16.7. The number of hydrogen-bond donors (Lipinski definition) is 1. The third-order valence-corrected chi connectivity index (χ3v) is 5.29. The number of anilines is 1. The first kappa shape index (κ1) is 15.1. The van der Waals surface area contributed by atoms with Crippen LogP contribution in [-0.2, 0) is 11.2 Å². The van der Waals surface area contributed by atoms with E-state index in [2.05, 4.69) is 48.8 Å². The van der Waals surface area contributed by atoms with E-state index < -0.39 is 0 Å². The molecule has 24 heavy (non-hydrogen) atoms. The fourth-order valence-electron chi connectivity index (χ4n) is 3.13. The number of carbonyl (C=O) groups is 1. The van der Waals surface area contributed by atoms with Gasteiger partial charge in [-0.15, -0.1) is 11.3 Å². The number of nitrogens with zero attached hydrogens (tertiary/aromatic N) is 1. The molecule has 0 unspecified atom stereocenters. The number of fused-ring (bicyclic) bond motifs is 1. The van der Waals surface area contributed by atoms with Gasteiger partial charge in [0.15, 0.2) is 0 Å². The van der Waals surface area contributed by atoms with Crippen molar-refractivity contribution in [1.82, 2.24) is 4.98 Å². The van der Waals surface area contributed by atoms with E-state index in [9.17, 15) is 4.79 Å². The van der Waals surface area contributed by atoms with Gasteiger partial charge in [0.25, 0.3) is 0 Å². The number of benzene rings is 2. The van der Waals surface area contributed by atoms with Crippen LogP contribution in [0.1, 0.15) is 23.1 Å². The van der Waals surface area contributed by atoms with E-state index in [1.807, 2.05) is 12.1 Å². The number of hydrogen-bond acceptors (Lipinski definition) is 3. The van der Waals surface area contributed by atoms with Gasteiger partial charge in [0.1, 0.15) is 5.01 Å². The normalized spacial score (nSPS) is 13.5. The molecule has 0 atom stereocenters. The largest absolute Gasteiger partial charge is 0.326 e. The van der Waals surface area contributed by atoms with Gasteiger partial charge in [-0.25, -0.2) is 4.98 Å². The molecule has 0 saturated heterocycles. The first-order valence-electron chi connectivity index (χ1n) is 8.06. The molecule has 3 nitrogen and oxygen atoms in total. The quantitative estimate of drug-likeness (QED) is 0.718. The van der Waals surface area contributed by atoms with Crippen LogP contribution in [-0.4, -0.2) is 10.9 Å². The third kappa shape index (κ3) is 2.74. The van der Waals surface area contributed by atoms with E-state index >= 15 is 0 Å². The molecule has 2 aromatic carbocycles. The molecular weight excluding hydrogens is 316 g/mol. The van der Waals surface area contributed by atoms with Crippen molar-refractivity contribution in [3.05, 3.63) is 58.5 Å². The Kier molecular flexibility index (Phi) is 3.69. The summed E-state index contributed by atoms with van der Waals surface area (Å²) < 4.78 is 0. The fraction of sp³-hybridized carbons (Fsp3) is 0.200. The zero-order valence-corrected chi connectivity index (χ0v) is 14.5. The van der Waals surface area contributed by atoms with Gasteiger partial charge in [-0.1, -0.05) is 29.8 Å². The number of amides is 1. The molecule has 4 rings (SSSR count). The number of aromatic nitrogens is 1. The molecule has 0 saturated carbocycles. The lowest BCUT2D eigenvalue weighted by atomic mass is 9.99. The summed E-state index contributed by atoms with van der Waals surface area (Å²) in [6.07, 6.45) is 1.35. The molecule has 1 aliphatic heterocycles. The van der Waals surface area contributed by atoms with Gasteiger partial charge in [0.05, 0.1) is 5.69 Å². The molecular formula is C20H18N2OS. The number of carbonyl (C=O) groups excluding carboxylic acids is 1. The topological polar surface area (TPSA) is 42.0 Å². The molecule has 2 heterocycles. The Morgan fingerprint density at radius 2 is 1.96 bits per heavy atom. The molecule has 1 N–H and O–H groups in total. The summed E-state index contributed by atoms with van der Waals surface area (Å²) in [4.78, 5) is 16.3. The summed E-state index contributed by atoms with van der Waals surface area (Å²) in [7, 11) is 0. The van der Waals surface area contributed by atoms with Crippen molar-refractivity contribution < 1.29 is 4.79 Å². The second-order valence-electron chi connectivity index (χ2n) is 6.28. The van der Waals surface area contributed by atoms with Crippen LogP contribution in [0.3, 0.4) is 0 Å². The maximum atomic E-state index is 11.5. The Morgan fingerprint density at radius 3 is 2.79 bits per heavy atom. The van der Waals surface area contributed by atoms with Crippen molar-refractivity contribution in [2.24, 2.45) is 0 Å². The zero-order valence-electron chi connectivity index (χ0n) is 13.7. The minimum absolute atomic E-state index is 0.0982. The molecule has 3 aromatic rings. The van der Waals surface area contributed by atoms with E-state index in [0.717, 1.165) is 28.4 Å². The van der Waals surface area contributed by atoms with E-state index in [1.165, 1.54) is 22.3 Å². The van der Waals surface area contributed by atoms with Gasteiger partial charge in [-0.2, -0.15) is 0 Å². The van der Waals surface area contributed by atoms with Gasteiger partial charge in [-0.05, 0) is 43.5 Å². The Balaban J connectivity index is 1.69. The number of rotatable bonds is 2. The summed E-state index contributed by atoms with van der Waals surface area (Å²) in [5.41, 5.74) is 7.94. The monoisotopic (exact) mass is 334 g/mol. The molecule has 4 heteroatoms. The molecule has 1 aromatic heterocycles. The lowest BCUT2D eigenvalue weighted by Crippen LogP contribution is -2.18. The predicted molar refractivity (Wildman–Crippen MR) is 99.4 cm³/mol. The molecule has 0 bridgehead atoms. The summed E-state index contributed by atoms with van der Waals surface area (Å²) in [6, 6.07) is 12.6. The Morgan fingerprint density at radius 1 is 1.08 bits per heavy atom. The highest BCUT2D eigenvalue weighted by Crippen LogP contribution is 2.33. The highest BCUT2D eigenvalue weighted by atomic mass is 32.1. The van der Waals surface area contributed by atoms with E-state index in [1.54, 1.807) is 11.3 Å². The second kappa shape index (κ2) is 5.87. The maximum absolute atomic E-state index is 11.5. The number of nitrogens with one attached hydrogen (secondary N) is 1. The summed E-state index contributed by atoms with van der Waals surface area (Å²) in [5.74, 6) is 0.0982. The van der Waals surface area contributed by atoms with Crippen LogP contribution >= 0.6 is 11.3 Å². The van der Waals surface area contributed by atoms with Crippen molar-refractivity contribution >= 4 is 22.9 Å². The van der Waals surface area contributed by atoms with Gasteiger partial charge in [-0.3, -0.25) is 4.79 Å². The molecule has 0 aliphatic carbocycles. The van der Waals surface area contributed by atoms with Gasteiger partial charge < -0.3 is 5.32 Å². The standard InChI is InChI=1S/C20H18N2OS/c1-12-3-6-16(13(2)9-12)20-22-18(11-24-20)15-4-7-17-14(10-15)5-8-19(23)21-17/h3-4,6-7,9-11H,5,8H2,1-2H3,(H,21,23). The van der Waals surface area contributed by atoms with Crippen molar-refractivity contribution in [3.63, 3.8) is 0 Å². The minimum Gasteiger partial charge on any atom is -0.326 e. The smallest absolute Gasteiger partial charge is 0.224 e. The molecule has 0 spiro atoms. The van der Waals surface area contributed by atoms with Crippen molar-refractivity contribution in [2.45, 2.75) is 26.7 Å². The summed E-state index contributed by atoms with van der Waals surface area (Å²) in [6.45, 7) is 4.24. The number of aryl methyl sites for hydroxylation is 3. The van der Waals surface area contributed by atoms with Gasteiger partial charge >= 0.3 is 0 Å². The highest BCUT2D eigenvalue weighted by Gasteiger charge is 2.16. The Hall–Kier alpha value is -2.46. The average molecular weight is 334 g/mol. The van der Waals surface area contributed by atoms with Crippen LogP contribution in [0.25, 0.3) is 21.8 Å². The molecule has 0 fully saturated rings. The Bertz CT molecular complexity index is 943. The van der Waals surface area contributed by atoms with Crippen molar-refractivity contribution in [2.75, 3.05) is 5.32 Å². The predicted octanol–water partition coefficient (Wildman–Crippen LogP) is 4.98. The van der Waals surface area contributed by atoms with Crippen LogP contribution in [0.15, 0.2) is 41.8 Å².